The van der Waals surface area contributed by atoms with Crippen LogP contribution in [0.15, 0.2) is 36.5 Å². The molecule has 148 valence electrons. The Bertz CT molecular complexity index is 866. The van der Waals surface area contributed by atoms with Crippen molar-refractivity contribution in [1.82, 2.24) is 4.57 Å². The summed E-state index contributed by atoms with van der Waals surface area (Å²) < 4.78 is 11.9. The fraction of sp³-hybridized carbons (Fsp3) is 0.350. The fourth-order valence-electron chi connectivity index (χ4n) is 2.94. The zero-order valence-corrected chi connectivity index (χ0v) is 15.9. The van der Waals surface area contributed by atoms with Crippen LogP contribution in [-0.2, 0) is 21.3 Å². The summed E-state index contributed by atoms with van der Waals surface area (Å²) in [6.45, 7) is 4.10. The molecule has 8 nitrogen and oxygen atoms in total. The number of carbonyl (C=O) groups is 3. The predicted molar refractivity (Wildman–Crippen MR) is 104 cm³/mol. The highest BCUT2D eigenvalue weighted by atomic mass is 16.5. The summed E-state index contributed by atoms with van der Waals surface area (Å²) in [4.78, 5) is 37.8. The third-order valence-corrected chi connectivity index (χ3v) is 4.48. The van der Waals surface area contributed by atoms with Crippen LogP contribution in [0, 0.1) is 0 Å². The summed E-state index contributed by atoms with van der Waals surface area (Å²) in [5.74, 6) is -1.24. The second-order valence-corrected chi connectivity index (χ2v) is 6.55. The Kier molecular flexibility index (Phi) is 6.10. The predicted octanol–water partition coefficient (Wildman–Crippen LogP) is 1.86. The van der Waals surface area contributed by atoms with Crippen molar-refractivity contribution in [3.05, 3.63) is 47.8 Å². The SMILES string of the molecule is CC(=O)c1cc(C(=O)OCC(=O)Nc2ccc(N3CCOCC3)cc2)n(C)c1. The van der Waals surface area contributed by atoms with Crippen molar-refractivity contribution in [2.45, 2.75) is 6.92 Å². The minimum Gasteiger partial charge on any atom is -0.451 e. The maximum atomic E-state index is 12.1. The molecule has 1 aliphatic rings. The van der Waals surface area contributed by atoms with E-state index in [1.165, 1.54) is 17.6 Å². The number of rotatable bonds is 6. The van der Waals surface area contributed by atoms with E-state index in [1.807, 2.05) is 12.1 Å². The number of aromatic nitrogens is 1. The number of hydrogen-bond donors (Lipinski definition) is 1. The Balaban J connectivity index is 1.51. The number of aryl methyl sites for hydroxylation is 1. The van der Waals surface area contributed by atoms with Crippen LogP contribution in [0.1, 0.15) is 27.8 Å². The molecular formula is C20H23N3O5. The van der Waals surface area contributed by atoms with Gasteiger partial charge in [-0.1, -0.05) is 0 Å². The molecular weight excluding hydrogens is 362 g/mol. The first-order chi connectivity index (χ1) is 13.4. The highest BCUT2D eigenvalue weighted by molar-refractivity contribution is 5.99. The highest BCUT2D eigenvalue weighted by Crippen LogP contribution is 2.19. The van der Waals surface area contributed by atoms with E-state index in [-0.39, 0.29) is 11.5 Å². The van der Waals surface area contributed by atoms with Crippen molar-refractivity contribution in [2.75, 3.05) is 43.1 Å². The number of ether oxygens (including phenoxy) is 2. The van der Waals surface area contributed by atoms with Crippen molar-refractivity contribution in [2.24, 2.45) is 7.05 Å². The number of nitrogens with one attached hydrogen (secondary N) is 1. The molecule has 0 radical (unpaired) electrons. The van der Waals surface area contributed by atoms with Crippen LogP contribution in [0.25, 0.3) is 0 Å². The summed E-state index contributed by atoms with van der Waals surface area (Å²) >= 11 is 0. The molecule has 2 aromatic rings. The molecule has 8 heteroatoms. The van der Waals surface area contributed by atoms with Gasteiger partial charge < -0.3 is 24.3 Å². The maximum absolute atomic E-state index is 12.1. The average molecular weight is 385 g/mol. The summed E-state index contributed by atoms with van der Waals surface area (Å²) in [5, 5.41) is 2.70. The van der Waals surface area contributed by atoms with E-state index in [0.717, 1.165) is 18.8 Å². The summed E-state index contributed by atoms with van der Waals surface area (Å²) in [6.07, 6.45) is 1.55. The Labute approximate surface area is 163 Å². The van der Waals surface area contributed by atoms with Crippen molar-refractivity contribution >= 4 is 29.0 Å². The Morgan fingerprint density at radius 3 is 2.43 bits per heavy atom. The van der Waals surface area contributed by atoms with Gasteiger partial charge in [-0.15, -0.1) is 0 Å². The van der Waals surface area contributed by atoms with E-state index in [0.29, 0.717) is 24.5 Å². The molecule has 1 N–H and O–H groups in total. The molecule has 1 aliphatic heterocycles. The van der Waals surface area contributed by atoms with Crippen LogP contribution in [-0.4, -0.2) is 55.1 Å². The van der Waals surface area contributed by atoms with Gasteiger partial charge in [0.2, 0.25) is 0 Å². The number of carbonyl (C=O) groups excluding carboxylic acids is 3. The maximum Gasteiger partial charge on any atom is 0.355 e. The summed E-state index contributed by atoms with van der Waals surface area (Å²) in [7, 11) is 1.64. The standard InChI is InChI=1S/C20H23N3O5/c1-14(24)15-11-18(22(2)12-15)20(26)28-13-19(25)21-16-3-5-17(6-4-16)23-7-9-27-10-8-23/h3-6,11-12H,7-10,13H2,1-2H3,(H,21,25). The lowest BCUT2D eigenvalue weighted by atomic mass is 10.2. The Morgan fingerprint density at radius 1 is 1.14 bits per heavy atom. The van der Waals surface area contributed by atoms with Gasteiger partial charge in [-0.25, -0.2) is 4.79 Å². The molecule has 0 bridgehead atoms. The summed E-state index contributed by atoms with van der Waals surface area (Å²) in [6, 6.07) is 8.93. The van der Waals surface area contributed by atoms with E-state index in [1.54, 1.807) is 25.4 Å². The van der Waals surface area contributed by atoms with E-state index >= 15 is 0 Å². The third kappa shape index (κ3) is 4.77. The van der Waals surface area contributed by atoms with Crippen LogP contribution < -0.4 is 10.2 Å². The molecule has 28 heavy (non-hydrogen) atoms. The van der Waals surface area contributed by atoms with E-state index in [9.17, 15) is 14.4 Å². The van der Waals surface area contributed by atoms with Crippen LogP contribution in [0.5, 0.6) is 0 Å². The van der Waals surface area contributed by atoms with Crippen molar-refractivity contribution in [3.63, 3.8) is 0 Å². The number of anilines is 2. The first-order valence-corrected chi connectivity index (χ1v) is 9.01. The molecule has 3 rings (SSSR count). The first kappa shape index (κ1) is 19.6. The third-order valence-electron chi connectivity index (χ3n) is 4.48. The van der Waals surface area contributed by atoms with Gasteiger partial charge in [0.15, 0.2) is 12.4 Å². The monoisotopic (exact) mass is 385 g/mol. The molecule has 1 aromatic carbocycles. The largest absolute Gasteiger partial charge is 0.451 e. The van der Waals surface area contributed by atoms with Gasteiger partial charge in [0.1, 0.15) is 5.69 Å². The molecule has 1 fully saturated rings. The quantitative estimate of drug-likeness (QED) is 0.603. The lowest BCUT2D eigenvalue weighted by Crippen LogP contribution is -2.36. The van der Waals surface area contributed by atoms with Crippen LogP contribution in [0.3, 0.4) is 0 Å². The number of morpholine rings is 1. The highest BCUT2D eigenvalue weighted by Gasteiger charge is 2.17. The molecule has 1 aromatic heterocycles. The second-order valence-electron chi connectivity index (χ2n) is 6.55. The van der Waals surface area contributed by atoms with Crippen LogP contribution >= 0.6 is 0 Å². The van der Waals surface area contributed by atoms with Crippen LogP contribution in [0.4, 0.5) is 11.4 Å². The number of ketones is 1. The average Bonchev–Trinajstić information content (AvgIpc) is 3.09. The van der Waals surface area contributed by atoms with E-state index in [2.05, 4.69) is 10.2 Å². The zero-order chi connectivity index (χ0) is 20.1. The van der Waals surface area contributed by atoms with Gasteiger partial charge in [0, 0.05) is 43.3 Å². The first-order valence-electron chi connectivity index (χ1n) is 9.01. The molecule has 0 unspecified atom stereocenters. The zero-order valence-electron chi connectivity index (χ0n) is 15.9. The molecule has 1 amide bonds. The Hall–Kier alpha value is -3.13. The minimum absolute atomic E-state index is 0.145. The van der Waals surface area contributed by atoms with E-state index < -0.39 is 18.5 Å². The molecule has 0 spiro atoms. The number of hydrogen-bond acceptors (Lipinski definition) is 6. The van der Waals surface area contributed by atoms with Gasteiger partial charge in [-0.3, -0.25) is 9.59 Å². The normalized spacial score (nSPS) is 13.9. The topological polar surface area (TPSA) is 89.9 Å². The lowest BCUT2D eigenvalue weighted by molar-refractivity contribution is -0.119. The summed E-state index contributed by atoms with van der Waals surface area (Å²) in [5.41, 5.74) is 2.32. The van der Waals surface area contributed by atoms with Gasteiger partial charge in [0.25, 0.3) is 5.91 Å². The molecule has 0 saturated carbocycles. The van der Waals surface area contributed by atoms with Gasteiger partial charge in [0.05, 0.1) is 13.2 Å². The number of Topliss-reactive ketones (excluding diaryl/α,β-unsaturated/α-hetero) is 1. The molecule has 2 heterocycles. The molecule has 0 atom stereocenters. The fourth-order valence-corrected chi connectivity index (χ4v) is 2.94. The van der Waals surface area contributed by atoms with Crippen LogP contribution in [0.2, 0.25) is 0 Å². The van der Waals surface area contributed by atoms with Crippen molar-refractivity contribution < 1.29 is 23.9 Å². The number of amides is 1. The lowest BCUT2D eigenvalue weighted by Gasteiger charge is -2.28. The van der Waals surface area contributed by atoms with E-state index in [4.69, 9.17) is 9.47 Å². The number of benzene rings is 1. The van der Waals surface area contributed by atoms with Crippen molar-refractivity contribution in [1.29, 1.82) is 0 Å². The van der Waals surface area contributed by atoms with Crippen molar-refractivity contribution in [3.8, 4) is 0 Å². The van der Waals surface area contributed by atoms with Gasteiger partial charge in [-0.2, -0.15) is 0 Å². The molecule has 1 saturated heterocycles. The molecule has 0 aliphatic carbocycles. The number of esters is 1. The Morgan fingerprint density at radius 2 is 1.82 bits per heavy atom. The van der Waals surface area contributed by atoms with Gasteiger partial charge >= 0.3 is 5.97 Å². The smallest absolute Gasteiger partial charge is 0.355 e. The minimum atomic E-state index is -0.659. The second kappa shape index (κ2) is 8.71. The van der Waals surface area contributed by atoms with Gasteiger partial charge in [-0.05, 0) is 37.3 Å². The number of nitrogens with zero attached hydrogens (tertiary/aromatic N) is 2.